The molecule has 0 spiro atoms. The van der Waals surface area contributed by atoms with Crippen LogP contribution in [0.25, 0.3) is 0 Å². The van der Waals surface area contributed by atoms with E-state index in [4.69, 9.17) is 23.2 Å². The van der Waals surface area contributed by atoms with E-state index in [0.29, 0.717) is 28.5 Å². The smallest absolute Gasteiger partial charge is 0.272 e. The molecule has 30 heavy (non-hydrogen) atoms. The van der Waals surface area contributed by atoms with Gasteiger partial charge in [0.1, 0.15) is 0 Å². The van der Waals surface area contributed by atoms with Crippen molar-refractivity contribution in [3.8, 4) is 0 Å². The van der Waals surface area contributed by atoms with Crippen molar-refractivity contribution < 1.29 is 14.4 Å². The van der Waals surface area contributed by atoms with Crippen molar-refractivity contribution in [3.63, 3.8) is 0 Å². The molecule has 1 heterocycles. The third-order valence-corrected chi connectivity index (χ3v) is 6.12. The van der Waals surface area contributed by atoms with Crippen molar-refractivity contribution in [2.45, 2.75) is 26.3 Å². The maximum Gasteiger partial charge on any atom is 0.273 e. The number of imide groups is 1. The van der Waals surface area contributed by atoms with Gasteiger partial charge in [0.2, 0.25) is 0 Å². The van der Waals surface area contributed by atoms with Gasteiger partial charge in [0.25, 0.3) is 17.7 Å². The minimum Gasteiger partial charge on any atom is -0.272 e. The van der Waals surface area contributed by atoms with Gasteiger partial charge in [-0.25, -0.2) is 5.01 Å². The van der Waals surface area contributed by atoms with Gasteiger partial charge in [0.15, 0.2) is 0 Å². The summed E-state index contributed by atoms with van der Waals surface area (Å²) < 4.78 is 0. The number of carbonyl (C=O) groups excluding carboxylic acids is 3. The fourth-order valence-corrected chi connectivity index (χ4v) is 4.25. The molecule has 1 aliphatic heterocycles. The van der Waals surface area contributed by atoms with Gasteiger partial charge in [0.05, 0.1) is 18.4 Å². The molecule has 0 unspecified atom stereocenters. The summed E-state index contributed by atoms with van der Waals surface area (Å²) in [6.45, 7) is 2.03. The lowest BCUT2D eigenvalue weighted by Crippen LogP contribution is -2.49. The number of hydrogen-bond acceptors (Lipinski definition) is 3. The molecule has 0 bridgehead atoms. The average Bonchev–Trinajstić information content (AvgIpc) is 2.97. The van der Waals surface area contributed by atoms with Crippen LogP contribution in [-0.2, 0) is 16.1 Å². The van der Waals surface area contributed by atoms with Crippen LogP contribution in [0, 0.1) is 11.8 Å². The molecule has 5 nitrogen and oxygen atoms in total. The Morgan fingerprint density at radius 3 is 2.17 bits per heavy atom. The van der Waals surface area contributed by atoms with E-state index in [2.05, 4.69) is 0 Å². The van der Waals surface area contributed by atoms with Crippen molar-refractivity contribution >= 4 is 40.9 Å². The summed E-state index contributed by atoms with van der Waals surface area (Å²) in [5.74, 6) is -1.94. The zero-order chi connectivity index (χ0) is 21.4. The van der Waals surface area contributed by atoms with E-state index in [1.54, 1.807) is 48.5 Å². The fourth-order valence-electron chi connectivity index (χ4n) is 4.00. The van der Waals surface area contributed by atoms with Crippen LogP contribution in [-0.4, -0.2) is 27.7 Å². The van der Waals surface area contributed by atoms with Crippen LogP contribution in [0.15, 0.2) is 60.2 Å². The molecule has 154 valence electrons. The first-order valence-corrected chi connectivity index (χ1v) is 10.5. The Labute approximate surface area is 184 Å². The second-order valence-electron chi connectivity index (χ2n) is 7.69. The number of benzene rings is 2. The lowest BCUT2D eigenvalue weighted by molar-refractivity contribution is -0.155. The quantitative estimate of drug-likeness (QED) is 0.500. The zero-order valence-electron chi connectivity index (χ0n) is 16.3. The first-order chi connectivity index (χ1) is 14.3. The summed E-state index contributed by atoms with van der Waals surface area (Å²) in [4.78, 5) is 39.8. The van der Waals surface area contributed by atoms with Crippen LogP contribution in [0.1, 0.15) is 35.7 Å². The number of carbonyl (C=O) groups is 3. The predicted octanol–water partition coefficient (Wildman–Crippen LogP) is 4.89. The second-order valence-corrected chi connectivity index (χ2v) is 8.56. The van der Waals surface area contributed by atoms with Crippen LogP contribution in [0.5, 0.6) is 0 Å². The molecule has 2 aliphatic rings. The van der Waals surface area contributed by atoms with Crippen LogP contribution >= 0.6 is 23.2 Å². The maximum absolute atomic E-state index is 13.4. The number of nitrogens with zero attached hydrogens (tertiary/aromatic N) is 2. The van der Waals surface area contributed by atoms with Gasteiger partial charge in [-0.15, -0.1) is 0 Å². The molecule has 1 fully saturated rings. The third kappa shape index (κ3) is 3.87. The monoisotopic (exact) mass is 442 g/mol. The number of amides is 3. The lowest BCUT2D eigenvalue weighted by Gasteiger charge is -2.30. The molecule has 7 heteroatoms. The Balaban J connectivity index is 1.70. The highest BCUT2D eigenvalue weighted by Crippen LogP contribution is 2.39. The Morgan fingerprint density at radius 1 is 0.967 bits per heavy atom. The standard InChI is InChI=1S/C23H20Cl2N2O3/c1-14-2-11-19-20(12-14)23(30)27(22(19)29)26(13-15-3-7-17(24)8-4-15)21(28)16-5-9-18(25)10-6-16/h2-10,19-20H,11-13H2,1H3/t19-,20+/m0/s1. The number of halogens is 2. The summed E-state index contributed by atoms with van der Waals surface area (Å²) in [6, 6.07) is 13.4. The maximum atomic E-state index is 13.4. The predicted molar refractivity (Wildman–Crippen MR) is 115 cm³/mol. The summed E-state index contributed by atoms with van der Waals surface area (Å²) in [5, 5.41) is 3.35. The van der Waals surface area contributed by atoms with Crippen molar-refractivity contribution in [3.05, 3.63) is 81.4 Å². The molecule has 0 radical (unpaired) electrons. The van der Waals surface area contributed by atoms with Gasteiger partial charge in [-0.3, -0.25) is 14.4 Å². The fraction of sp³-hybridized carbons (Fsp3) is 0.261. The molecule has 1 saturated heterocycles. The van der Waals surface area contributed by atoms with E-state index in [-0.39, 0.29) is 18.4 Å². The van der Waals surface area contributed by atoms with Crippen molar-refractivity contribution in [1.82, 2.24) is 10.0 Å². The molecule has 0 aromatic heterocycles. The summed E-state index contributed by atoms with van der Waals surface area (Å²) in [7, 11) is 0. The van der Waals surface area contributed by atoms with E-state index in [9.17, 15) is 14.4 Å². The molecule has 2 atom stereocenters. The Hall–Kier alpha value is -2.63. The normalized spacial score (nSPS) is 20.8. The van der Waals surface area contributed by atoms with Crippen molar-refractivity contribution in [1.29, 1.82) is 0 Å². The molecular weight excluding hydrogens is 423 g/mol. The van der Waals surface area contributed by atoms with E-state index in [1.165, 1.54) is 5.01 Å². The van der Waals surface area contributed by atoms with E-state index >= 15 is 0 Å². The average molecular weight is 443 g/mol. The highest BCUT2D eigenvalue weighted by atomic mass is 35.5. The highest BCUT2D eigenvalue weighted by Gasteiger charge is 2.51. The third-order valence-electron chi connectivity index (χ3n) is 5.61. The highest BCUT2D eigenvalue weighted by molar-refractivity contribution is 6.30. The molecule has 4 rings (SSSR count). The van der Waals surface area contributed by atoms with Gasteiger partial charge in [-0.05, 0) is 61.7 Å². The number of allylic oxidation sites excluding steroid dienone is 2. The lowest BCUT2D eigenvalue weighted by atomic mass is 9.82. The minimum absolute atomic E-state index is 0.0714. The van der Waals surface area contributed by atoms with E-state index < -0.39 is 17.7 Å². The molecule has 0 N–H and O–H groups in total. The molecular formula is C23H20Cl2N2O3. The number of fused-ring (bicyclic) bond motifs is 1. The van der Waals surface area contributed by atoms with Crippen molar-refractivity contribution in [2.24, 2.45) is 11.8 Å². The molecule has 1 aliphatic carbocycles. The van der Waals surface area contributed by atoms with Crippen LogP contribution in [0.4, 0.5) is 0 Å². The Bertz CT molecular complexity index is 1030. The Morgan fingerprint density at radius 2 is 1.53 bits per heavy atom. The minimum atomic E-state index is -0.438. The molecule has 0 saturated carbocycles. The molecule has 2 aromatic carbocycles. The Kier molecular flexibility index (Phi) is 5.67. The van der Waals surface area contributed by atoms with E-state index in [0.717, 1.165) is 16.1 Å². The van der Waals surface area contributed by atoms with Gasteiger partial charge >= 0.3 is 0 Å². The largest absolute Gasteiger partial charge is 0.273 e. The van der Waals surface area contributed by atoms with Crippen LogP contribution in [0.3, 0.4) is 0 Å². The van der Waals surface area contributed by atoms with Crippen LogP contribution in [0.2, 0.25) is 10.0 Å². The van der Waals surface area contributed by atoms with Gasteiger partial charge in [-0.2, -0.15) is 5.01 Å². The summed E-state index contributed by atoms with van der Waals surface area (Å²) in [5.41, 5.74) is 2.19. The SMILES string of the molecule is CC1=CC[C@@H]2C(=O)N(N(Cc3ccc(Cl)cc3)C(=O)c3ccc(Cl)cc3)C(=O)[C@@H]2C1. The molecule has 2 aromatic rings. The number of rotatable bonds is 4. The topological polar surface area (TPSA) is 57.7 Å². The molecule has 3 amide bonds. The zero-order valence-corrected chi connectivity index (χ0v) is 17.9. The first-order valence-electron chi connectivity index (χ1n) is 9.70. The van der Waals surface area contributed by atoms with Crippen LogP contribution < -0.4 is 0 Å². The van der Waals surface area contributed by atoms with E-state index in [1.807, 2.05) is 13.0 Å². The summed E-state index contributed by atoms with van der Waals surface area (Å²) >= 11 is 11.9. The van der Waals surface area contributed by atoms with Crippen molar-refractivity contribution in [2.75, 3.05) is 0 Å². The summed E-state index contributed by atoms with van der Waals surface area (Å²) in [6.07, 6.45) is 3.05. The second kappa shape index (κ2) is 8.25. The first kappa shape index (κ1) is 20.6. The van der Waals surface area contributed by atoms with Gasteiger partial charge in [-0.1, -0.05) is 47.0 Å². The van der Waals surface area contributed by atoms with Gasteiger partial charge < -0.3 is 0 Å². The van der Waals surface area contributed by atoms with Gasteiger partial charge in [0, 0.05) is 15.6 Å². The number of hydrazine groups is 1. The number of hydrogen-bond donors (Lipinski definition) is 0.